The van der Waals surface area contributed by atoms with Crippen molar-refractivity contribution < 1.29 is 4.74 Å². The lowest BCUT2D eigenvalue weighted by atomic mass is 10.0. The Hall–Kier alpha value is -0.730. The van der Waals surface area contributed by atoms with E-state index in [0.29, 0.717) is 10.9 Å². The Morgan fingerprint density at radius 1 is 1.31 bits per heavy atom. The third-order valence-electron chi connectivity index (χ3n) is 2.46. The van der Waals surface area contributed by atoms with Crippen LogP contribution >= 0.6 is 11.6 Å². The van der Waals surface area contributed by atoms with E-state index >= 15 is 0 Å². The molecule has 0 spiro atoms. The molecule has 1 aromatic rings. The van der Waals surface area contributed by atoms with Gasteiger partial charge in [-0.05, 0) is 37.5 Å². The number of halogens is 1. The summed E-state index contributed by atoms with van der Waals surface area (Å²) in [6, 6.07) is 7.45. The smallest absolute Gasteiger partial charge is 0.121 e. The second kappa shape index (κ2) is 6.12. The van der Waals surface area contributed by atoms with Crippen LogP contribution in [0.3, 0.4) is 0 Å². The molecular formula is C13H20ClNO. The fraction of sp³-hybridized carbons (Fsp3) is 0.538. The lowest BCUT2D eigenvalue weighted by molar-refractivity contribution is 0.177. The molecule has 0 bridgehead atoms. The summed E-state index contributed by atoms with van der Waals surface area (Å²) in [7, 11) is 0. The van der Waals surface area contributed by atoms with Gasteiger partial charge in [0.2, 0.25) is 0 Å². The minimum atomic E-state index is 0.000802. The van der Waals surface area contributed by atoms with Crippen molar-refractivity contribution in [2.75, 3.05) is 0 Å². The predicted octanol–water partition coefficient (Wildman–Crippen LogP) is 3.48. The van der Waals surface area contributed by atoms with E-state index in [2.05, 4.69) is 13.8 Å². The summed E-state index contributed by atoms with van der Waals surface area (Å²) in [6.45, 7) is 6.31. The largest absolute Gasteiger partial charge is 0.489 e. The number of ether oxygens (including phenoxy) is 1. The Morgan fingerprint density at radius 3 is 2.56 bits per heavy atom. The van der Waals surface area contributed by atoms with E-state index in [-0.39, 0.29) is 12.1 Å². The molecule has 2 unspecified atom stereocenters. The number of hydrogen-bond acceptors (Lipinski definition) is 2. The topological polar surface area (TPSA) is 35.2 Å². The first-order valence-electron chi connectivity index (χ1n) is 5.67. The quantitative estimate of drug-likeness (QED) is 0.857. The van der Waals surface area contributed by atoms with E-state index in [1.165, 1.54) is 0 Å². The summed E-state index contributed by atoms with van der Waals surface area (Å²) >= 11 is 5.88. The molecule has 0 aliphatic carbocycles. The molecule has 1 rings (SSSR count). The highest BCUT2D eigenvalue weighted by atomic mass is 35.5. The van der Waals surface area contributed by atoms with Crippen molar-refractivity contribution in [2.24, 2.45) is 11.7 Å². The van der Waals surface area contributed by atoms with Crippen LogP contribution in [0.2, 0.25) is 5.02 Å². The first-order valence-corrected chi connectivity index (χ1v) is 6.04. The Morgan fingerprint density at radius 2 is 2.00 bits per heavy atom. The van der Waals surface area contributed by atoms with Crippen molar-refractivity contribution in [1.82, 2.24) is 0 Å². The van der Waals surface area contributed by atoms with Crippen LogP contribution in [0.25, 0.3) is 0 Å². The zero-order chi connectivity index (χ0) is 12.1. The van der Waals surface area contributed by atoms with Crippen LogP contribution in [-0.4, -0.2) is 12.1 Å². The number of nitrogens with two attached hydrogens (primary N) is 1. The minimum absolute atomic E-state index is 0.000802. The summed E-state index contributed by atoms with van der Waals surface area (Å²) in [4.78, 5) is 0. The van der Waals surface area contributed by atoms with Gasteiger partial charge in [-0.2, -0.15) is 0 Å². The fourth-order valence-electron chi connectivity index (χ4n) is 1.58. The van der Waals surface area contributed by atoms with Crippen LogP contribution in [0.1, 0.15) is 27.2 Å². The van der Waals surface area contributed by atoms with Gasteiger partial charge in [0.15, 0.2) is 0 Å². The standard InChI is InChI=1S/C13H20ClNO/c1-9(2)7-13(15)10(3)16-12-6-4-5-11(14)8-12/h4-6,8-10,13H,7,15H2,1-3H3. The summed E-state index contributed by atoms with van der Waals surface area (Å²) in [5, 5.41) is 0.683. The Balaban J connectivity index is 2.53. The monoisotopic (exact) mass is 241 g/mol. The molecule has 0 aliphatic heterocycles. The maximum Gasteiger partial charge on any atom is 0.121 e. The molecule has 2 N–H and O–H groups in total. The zero-order valence-corrected chi connectivity index (χ0v) is 10.9. The Bertz CT molecular complexity index is 327. The summed E-state index contributed by atoms with van der Waals surface area (Å²) in [5.41, 5.74) is 6.05. The fourth-order valence-corrected chi connectivity index (χ4v) is 1.76. The highest BCUT2D eigenvalue weighted by Gasteiger charge is 2.15. The first-order chi connectivity index (χ1) is 7.49. The van der Waals surface area contributed by atoms with E-state index in [0.717, 1.165) is 12.2 Å². The first kappa shape index (κ1) is 13.3. The SMILES string of the molecule is CC(C)CC(N)C(C)Oc1cccc(Cl)c1. The maximum absolute atomic E-state index is 6.05. The van der Waals surface area contributed by atoms with Gasteiger partial charge < -0.3 is 10.5 Å². The molecule has 0 fully saturated rings. The number of hydrogen-bond donors (Lipinski definition) is 1. The molecule has 3 heteroatoms. The third kappa shape index (κ3) is 4.42. The molecule has 0 radical (unpaired) electrons. The molecule has 90 valence electrons. The second-order valence-electron chi connectivity index (χ2n) is 4.57. The maximum atomic E-state index is 6.05. The average molecular weight is 242 g/mol. The van der Waals surface area contributed by atoms with E-state index in [9.17, 15) is 0 Å². The van der Waals surface area contributed by atoms with E-state index < -0.39 is 0 Å². The summed E-state index contributed by atoms with van der Waals surface area (Å²) in [5.74, 6) is 1.36. The molecule has 2 atom stereocenters. The van der Waals surface area contributed by atoms with Crippen LogP contribution in [0.4, 0.5) is 0 Å². The van der Waals surface area contributed by atoms with Crippen molar-refractivity contribution in [3.8, 4) is 5.75 Å². The number of benzene rings is 1. The second-order valence-corrected chi connectivity index (χ2v) is 5.01. The van der Waals surface area contributed by atoms with Crippen molar-refractivity contribution in [1.29, 1.82) is 0 Å². The number of rotatable bonds is 5. The van der Waals surface area contributed by atoms with Gasteiger partial charge in [-0.3, -0.25) is 0 Å². The van der Waals surface area contributed by atoms with Gasteiger partial charge in [-0.1, -0.05) is 31.5 Å². The Labute approximate surface area is 103 Å². The van der Waals surface area contributed by atoms with Crippen molar-refractivity contribution >= 4 is 11.6 Å². The molecule has 0 saturated heterocycles. The zero-order valence-electron chi connectivity index (χ0n) is 10.1. The van der Waals surface area contributed by atoms with Crippen molar-refractivity contribution in [3.05, 3.63) is 29.3 Å². The molecule has 0 saturated carbocycles. The lowest BCUT2D eigenvalue weighted by Gasteiger charge is -2.22. The van der Waals surface area contributed by atoms with Gasteiger partial charge in [-0.25, -0.2) is 0 Å². The van der Waals surface area contributed by atoms with Crippen LogP contribution in [0.5, 0.6) is 5.75 Å². The average Bonchev–Trinajstić information content (AvgIpc) is 2.16. The molecule has 0 heterocycles. The van der Waals surface area contributed by atoms with Crippen molar-refractivity contribution in [2.45, 2.75) is 39.3 Å². The van der Waals surface area contributed by atoms with Crippen LogP contribution < -0.4 is 10.5 Å². The van der Waals surface area contributed by atoms with Gasteiger partial charge in [0.25, 0.3) is 0 Å². The van der Waals surface area contributed by atoms with E-state index in [4.69, 9.17) is 22.1 Å². The molecule has 0 amide bonds. The van der Waals surface area contributed by atoms with Gasteiger partial charge in [0, 0.05) is 11.1 Å². The molecule has 2 nitrogen and oxygen atoms in total. The molecule has 16 heavy (non-hydrogen) atoms. The van der Waals surface area contributed by atoms with Gasteiger partial charge in [-0.15, -0.1) is 0 Å². The minimum Gasteiger partial charge on any atom is -0.489 e. The molecule has 0 aromatic heterocycles. The van der Waals surface area contributed by atoms with Gasteiger partial charge >= 0.3 is 0 Å². The third-order valence-corrected chi connectivity index (χ3v) is 2.70. The van der Waals surface area contributed by atoms with Crippen LogP contribution in [0.15, 0.2) is 24.3 Å². The van der Waals surface area contributed by atoms with Crippen LogP contribution in [0, 0.1) is 5.92 Å². The van der Waals surface area contributed by atoms with Crippen LogP contribution in [-0.2, 0) is 0 Å². The van der Waals surface area contributed by atoms with Gasteiger partial charge in [0.1, 0.15) is 11.9 Å². The lowest BCUT2D eigenvalue weighted by Crippen LogP contribution is -2.37. The molecular weight excluding hydrogens is 222 g/mol. The summed E-state index contributed by atoms with van der Waals surface area (Å²) in [6.07, 6.45) is 0.961. The van der Waals surface area contributed by atoms with E-state index in [1.54, 1.807) is 6.07 Å². The van der Waals surface area contributed by atoms with Crippen molar-refractivity contribution in [3.63, 3.8) is 0 Å². The Kier molecular flexibility index (Phi) is 5.10. The molecule has 0 aliphatic rings. The normalized spacial score (nSPS) is 14.9. The highest BCUT2D eigenvalue weighted by molar-refractivity contribution is 6.30. The molecule has 1 aromatic carbocycles. The summed E-state index contributed by atoms with van der Waals surface area (Å²) < 4.78 is 5.75. The van der Waals surface area contributed by atoms with Gasteiger partial charge in [0.05, 0.1) is 0 Å². The highest BCUT2D eigenvalue weighted by Crippen LogP contribution is 2.19. The predicted molar refractivity (Wildman–Crippen MR) is 69.0 cm³/mol. The van der Waals surface area contributed by atoms with E-state index in [1.807, 2.05) is 25.1 Å².